The van der Waals surface area contributed by atoms with E-state index in [0.29, 0.717) is 41.5 Å². The Balaban J connectivity index is 1.19. The first-order valence-corrected chi connectivity index (χ1v) is 12.9. The molecule has 3 heterocycles. The Hall–Kier alpha value is -5.06. The lowest BCUT2D eigenvalue weighted by Gasteiger charge is -2.24. The zero-order chi connectivity index (χ0) is 27.6. The number of rotatable bonds is 8. The number of aromatic amines is 1. The molecule has 0 aliphatic carbocycles. The molecule has 2 aliphatic rings. The molecule has 204 valence electrons. The first-order valence-electron chi connectivity index (χ1n) is 12.9. The van der Waals surface area contributed by atoms with Crippen LogP contribution < -0.4 is 20.1 Å². The number of aliphatic carboxylic acids is 1. The van der Waals surface area contributed by atoms with E-state index in [9.17, 15) is 19.5 Å². The number of carboxylic acids is 1. The SMILES string of the molecule is O=C(O)C[C@@H]1Nc2ccc(C(=O)NCc3nc4ccccc4[nH]3)cc2CN(CCc2ccc3c(c2)OCO3)C1=O. The summed E-state index contributed by atoms with van der Waals surface area (Å²) in [5, 5.41) is 15.4. The van der Waals surface area contributed by atoms with Gasteiger partial charge >= 0.3 is 5.97 Å². The molecule has 3 aromatic carbocycles. The Morgan fingerprint density at radius 3 is 2.77 bits per heavy atom. The predicted octanol–water partition coefficient (Wildman–Crippen LogP) is 3.06. The number of carboxylic acid groups (broad SMARTS) is 1. The summed E-state index contributed by atoms with van der Waals surface area (Å²) >= 11 is 0. The van der Waals surface area contributed by atoms with E-state index < -0.39 is 12.0 Å². The van der Waals surface area contributed by atoms with Crippen LogP contribution in [0.1, 0.15) is 33.7 Å². The van der Waals surface area contributed by atoms with Crippen molar-refractivity contribution in [3.63, 3.8) is 0 Å². The van der Waals surface area contributed by atoms with E-state index in [1.165, 1.54) is 0 Å². The summed E-state index contributed by atoms with van der Waals surface area (Å²) in [6.45, 7) is 0.991. The summed E-state index contributed by atoms with van der Waals surface area (Å²) < 4.78 is 10.8. The Morgan fingerprint density at radius 1 is 1.07 bits per heavy atom. The van der Waals surface area contributed by atoms with Gasteiger partial charge in [-0.25, -0.2) is 4.98 Å². The van der Waals surface area contributed by atoms with Gasteiger partial charge in [-0.15, -0.1) is 0 Å². The minimum absolute atomic E-state index is 0.177. The fourth-order valence-electron chi connectivity index (χ4n) is 4.98. The fraction of sp³-hybridized carbons (Fsp3) is 0.241. The number of para-hydroxylation sites is 2. The molecule has 0 radical (unpaired) electrons. The summed E-state index contributed by atoms with van der Waals surface area (Å²) in [6.07, 6.45) is 0.174. The maximum atomic E-state index is 13.4. The van der Waals surface area contributed by atoms with Gasteiger partial charge in [0.25, 0.3) is 5.91 Å². The number of nitrogens with one attached hydrogen (secondary N) is 3. The molecule has 4 N–H and O–H groups in total. The molecule has 0 saturated heterocycles. The molecular weight excluding hydrogens is 514 g/mol. The normalized spacial score (nSPS) is 15.8. The smallest absolute Gasteiger partial charge is 0.305 e. The Bertz CT molecular complexity index is 1580. The average molecular weight is 542 g/mol. The molecule has 1 aromatic heterocycles. The predicted molar refractivity (Wildman–Crippen MR) is 145 cm³/mol. The van der Waals surface area contributed by atoms with Gasteiger partial charge in [-0.2, -0.15) is 0 Å². The number of carbonyl (C=O) groups excluding carboxylic acids is 2. The number of H-pyrrole nitrogens is 1. The van der Waals surface area contributed by atoms with Crippen LogP contribution >= 0.6 is 0 Å². The van der Waals surface area contributed by atoms with Gasteiger partial charge in [0.1, 0.15) is 11.9 Å². The standard InChI is InChI=1S/C29H27N5O6/c35-27(36)13-23-29(38)34(10-9-17-5-8-24-25(11-17)40-16-39-24)15-19-12-18(6-7-20(19)31-23)28(37)30-14-26-32-21-3-1-2-4-22(21)33-26/h1-8,11-12,23,31H,9-10,13-16H2,(H,30,37)(H,32,33)(H,35,36)/t23-/m0/s1. The summed E-state index contributed by atoms with van der Waals surface area (Å²) in [7, 11) is 0. The topological polar surface area (TPSA) is 146 Å². The number of nitrogens with zero attached hydrogens (tertiary/aromatic N) is 2. The summed E-state index contributed by atoms with van der Waals surface area (Å²) in [5.74, 6) is 0.312. The molecule has 1 atom stereocenters. The first-order chi connectivity index (χ1) is 19.4. The molecule has 40 heavy (non-hydrogen) atoms. The van der Waals surface area contributed by atoms with E-state index in [4.69, 9.17) is 9.47 Å². The van der Waals surface area contributed by atoms with Gasteiger partial charge in [0.2, 0.25) is 12.7 Å². The molecular formula is C29H27N5O6. The molecule has 11 heteroatoms. The molecule has 0 saturated carbocycles. The lowest BCUT2D eigenvalue weighted by Crippen LogP contribution is -2.42. The van der Waals surface area contributed by atoms with Crippen molar-refractivity contribution in [2.24, 2.45) is 0 Å². The van der Waals surface area contributed by atoms with Crippen molar-refractivity contribution in [2.45, 2.75) is 32.0 Å². The van der Waals surface area contributed by atoms with E-state index in [1.54, 1.807) is 23.1 Å². The molecule has 2 aliphatic heterocycles. The number of anilines is 1. The van der Waals surface area contributed by atoms with Gasteiger partial charge < -0.3 is 35.1 Å². The van der Waals surface area contributed by atoms with Crippen LogP contribution in [0.15, 0.2) is 60.7 Å². The Labute approximate surface area is 229 Å². The second-order valence-electron chi connectivity index (χ2n) is 9.75. The number of ether oxygens (including phenoxy) is 2. The van der Waals surface area contributed by atoms with Crippen LogP contribution in [-0.4, -0.2) is 57.1 Å². The fourth-order valence-corrected chi connectivity index (χ4v) is 4.98. The molecule has 0 unspecified atom stereocenters. The van der Waals surface area contributed by atoms with Crippen LogP contribution in [0.3, 0.4) is 0 Å². The van der Waals surface area contributed by atoms with Crippen molar-refractivity contribution < 1.29 is 29.0 Å². The third-order valence-corrected chi connectivity index (χ3v) is 7.01. The van der Waals surface area contributed by atoms with E-state index in [2.05, 4.69) is 20.6 Å². The highest BCUT2D eigenvalue weighted by Gasteiger charge is 2.31. The molecule has 6 rings (SSSR count). The van der Waals surface area contributed by atoms with Crippen LogP contribution in [0.5, 0.6) is 11.5 Å². The molecule has 0 spiro atoms. The van der Waals surface area contributed by atoms with Crippen molar-refractivity contribution in [3.8, 4) is 11.5 Å². The van der Waals surface area contributed by atoms with Crippen LogP contribution in [0.25, 0.3) is 11.0 Å². The molecule has 2 amide bonds. The van der Waals surface area contributed by atoms with Gasteiger partial charge in [0.15, 0.2) is 11.5 Å². The van der Waals surface area contributed by atoms with E-state index >= 15 is 0 Å². The van der Waals surface area contributed by atoms with Gasteiger partial charge in [0, 0.05) is 24.3 Å². The van der Waals surface area contributed by atoms with E-state index in [0.717, 1.165) is 22.2 Å². The first kappa shape index (κ1) is 25.2. The van der Waals surface area contributed by atoms with Crippen molar-refractivity contribution in [1.29, 1.82) is 0 Å². The zero-order valence-electron chi connectivity index (χ0n) is 21.5. The number of hydrogen-bond donors (Lipinski definition) is 4. The maximum Gasteiger partial charge on any atom is 0.305 e. The second-order valence-corrected chi connectivity index (χ2v) is 9.75. The number of hydrogen-bond acceptors (Lipinski definition) is 7. The van der Waals surface area contributed by atoms with Crippen molar-refractivity contribution in [3.05, 3.63) is 83.2 Å². The number of fused-ring (bicyclic) bond motifs is 3. The monoisotopic (exact) mass is 541 g/mol. The average Bonchev–Trinajstić information content (AvgIpc) is 3.57. The summed E-state index contributed by atoms with van der Waals surface area (Å²) in [5.41, 5.74) is 4.45. The van der Waals surface area contributed by atoms with Gasteiger partial charge in [-0.05, 0) is 60.0 Å². The molecule has 4 aromatic rings. The Kier molecular flexibility index (Phi) is 6.69. The van der Waals surface area contributed by atoms with Crippen molar-refractivity contribution in [1.82, 2.24) is 20.2 Å². The quantitative estimate of drug-likeness (QED) is 0.266. The third kappa shape index (κ3) is 5.26. The van der Waals surface area contributed by atoms with E-state index in [1.807, 2.05) is 42.5 Å². The molecule has 0 fully saturated rings. The van der Waals surface area contributed by atoms with Gasteiger partial charge in [0.05, 0.1) is 24.0 Å². The lowest BCUT2D eigenvalue weighted by atomic mass is 10.1. The zero-order valence-corrected chi connectivity index (χ0v) is 21.5. The van der Waals surface area contributed by atoms with Gasteiger partial charge in [-0.1, -0.05) is 18.2 Å². The second kappa shape index (κ2) is 10.6. The molecule has 11 nitrogen and oxygen atoms in total. The molecule has 0 bridgehead atoms. The largest absolute Gasteiger partial charge is 0.481 e. The van der Waals surface area contributed by atoms with Crippen molar-refractivity contribution >= 4 is 34.5 Å². The number of aromatic nitrogens is 2. The number of amides is 2. The maximum absolute atomic E-state index is 13.4. The van der Waals surface area contributed by atoms with Crippen molar-refractivity contribution in [2.75, 3.05) is 18.7 Å². The van der Waals surface area contributed by atoms with Crippen LogP contribution in [0, 0.1) is 0 Å². The number of carbonyl (C=O) groups is 3. The summed E-state index contributed by atoms with van der Waals surface area (Å²) in [4.78, 5) is 47.2. The minimum atomic E-state index is -1.08. The lowest BCUT2D eigenvalue weighted by molar-refractivity contribution is -0.141. The van der Waals surface area contributed by atoms with E-state index in [-0.39, 0.29) is 38.1 Å². The van der Waals surface area contributed by atoms with Crippen LogP contribution in [0.2, 0.25) is 0 Å². The summed E-state index contributed by atoms with van der Waals surface area (Å²) in [6, 6.07) is 17.5. The minimum Gasteiger partial charge on any atom is -0.481 e. The van der Waals surface area contributed by atoms with Crippen LogP contribution in [-0.2, 0) is 29.1 Å². The highest BCUT2D eigenvalue weighted by molar-refractivity contribution is 5.96. The van der Waals surface area contributed by atoms with Crippen LogP contribution in [0.4, 0.5) is 5.69 Å². The highest BCUT2D eigenvalue weighted by Crippen LogP contribution is 2.33. The van der Waals surface area contributed by atoms with Gasteiger partial charge in [-0.3, -0.25) is 14.4 Å². The third-order valence-electron chi connectivity index (χ3n) is 7.01. The Morgan fingerprint density at radius 2 is 1.93 bits per heavy atom. The number of benzene rings is 3. The number of imidazole rings is 1. The highest BCUT2D eigenvalue weighted by atomic mass is 16.7.